The Morgan fingerprint density at radius 2 is 1.61 bits per heavy atom. The molecule has 0 radical (unpaired) electrons. The van der Waals surface area contributed by atoms with Crippen LogP contribution in [0.15, 0.2) is 88.7 Å². The van der Waals surface area contributed by atoms with Gasteiger partial charge in [0, 0.05) is 19.4 Å². The summed E-state index contributed by atoms with van der Waals surface area (Å²) in [7, 11) is 1.80. The molecule has 7 heteroatoms. The van der Waals surface area contributed by atoms with Gasteiger partial charge in [0.1, 0.15) is 11.5 Å². The molecule has 7 nitrogen and oxygen atoms in total. The maximum atomic E-state index is 13.6. The Morgan fingerprint density at radius 3 is 2.36 bits per heavy atom. The molecule has 0 spiro atoms. The Bertz CT molecular complexity index is 1610. The minimum atomic E-state index is -0.295. The molecule has 5 rings (SSSR count). The van der Waals surface area contributed by atoms with Crippen molar-refractivity contribution in [3.8, 4) is 11.4 Å². The zero-order chi connectivity index (χ0) is 22.9. The molecule has 3 aromatic heterocycles. The van der Waals surface area contributed by atoms with E-state index in [0.29, 0.717) is 28.1 Å². The first-order valence-electron chi connectivity index (χ1n) is 10.5. The van der Waals surface area contributed by atoms with Crippen molar-refractivity contribution in [3.05, 3.63) is 117 Å². The average Bonchev–Trinajstić information content (AvgIpc) is 3.07. The summed E-state index contributed by atoms with van der Waals surface area (Å²) < 4.78 is 4.72. The minimum absolute atomic E-state index is 0.274. The van der Waals surface area contributed by atoms with Crippen LogP contribution in [0, 0.1) is 6.92 Å². The number of nitrogens with zero attached hydrogens (tertiary/aromatic N) is 5. The molecule has 0 saturated carbocycles. The van der Waals surface area contributed by atoms with Gasteiger partial charge in [-0.05, 0) is 55.0 Å². The lowest BCUT2D eigenvalue weighted by atomic mass is 10.2. The first kappa shape index (κ1) is 20.4. The first-order chi connectivity index (χ1) is 16.1. The highest BCUT2D eigenvalue weighted by atomic mass is 16.1. The lowest BCUT2D eigenvalue weighted by Crippen LogP contribution is -2.28. The third-order valence-electron chi connectivity index (χ3n) is 5.66. The number of para-hydroxylation sites is 2. The summed E-state index contributed by atoms with van der Waals surface area (Å²) in [5.74, 6) is 0.369. The normalized spacial score (nSPS) is 11.5. The predicted octanol–water partition coefficient (Wildman–Crippen LogP) is 3.75. The molecule has 0 unspecified atom stereocenters. The number of rotatable bonds is 4. The van der Waals surface area contributed by atoms with Crippen LogP contribution in [0.5, 0.6) is 0 Å². The standard InChI is InChI=1S/C26H21N5O2/c1-18-24(26(33)31(29(18)2)20-10-4-3-5-11-20)30-23(15-14-19-9-8-16-27-17-19)28-22-13-7-6-12-21(22)25(30)32/h3-17H,1-2H3. The van der Waals surface area contributed by atoms with E-state index in [1.54, 1.807) is 53.1 Å². The van der Waals surface area contributed by atoms with E-state index in [0.717, 1.165) is 5.56 Å². The summed E-state index contributed by atoms with van der Waals surface area (Å²) in [4.78, 5) is 36.1. The van der Waals surface area contributed by atoms with Crippen LogP contribution in [-0.2, 0) is 7.05 Å². The van der Waals surface area contributed by atoms with Gasteiger partial charge in [0.15, 0.2) is 0 Å². The second-order valence-electron chi connectivity index (χ2n) is 7.66. The summed E-state index contributed by atoms with van der Waals surface area (Å²) >= 11 is 0. The van der Waals surface area contributed by atoms with Crippen molar-refractivity contribution in [2.24, 2.45) is 7.05 Å². The summed E-state index contributed by atoms with van der Waals surface area (Å²) in [6.07, 6.45) is 6.98. The summed E-state index contributed by atoms with van der Waals surface area (Å²) in [5, 5.41) is 0.449. The van der Waals surface area contributed by atoms with Crippen LogP contribution >= 0.6 is 0 Å². The number of fused-ring (bicyclic) bond motifs is 1. The summed E-state index contributed by atoms with van der Waals surface area (Å²) in [5.41, 5.74) is 2.48. The highest BCUT2D eigenvalue weighted by Crippen LogP contribution is 2.18. The van der Waals surface area contributed by atoms with E-state index in [-0.39, 0.29) is 16.8 Å². The zero-order valence-corrected chi connectivity index (χ0v) is 18.2. The lowest BCUT2D eigenvalue weighted by Gasteiger charge is -2.10. The van der Waals surface area contributed by atoms with Crippen molar-refractivity contribution in [2.45, 2.75) is 6.92 Å². The van der Waals surface area contributed by atoms with Crippen molar-refractivity contribution in [1.82, 2.24) is 23.9 Å². The number of hydrogen-bond acceptors (Lipinski definition) is 4. The fourth-order valence-electron chi connectivity index (χ4n) is 3.93. The van der Waals surface area contributed by atoms with Crippen molar-refractivity contribution in [3.63, 3.8) is 0 Å². The molecule has 0 fully saturated rings. The predicted molar refractivity (Wildman–Crippen MR) is 130 cm³/mol. The van der Waals surface area contributed by atoms with E-state index < -0.39 is 0 Å². The molecule has 0 aliphatic heterocycles. The van der Waals surface area contributed by atoms with Crippen molar-refractivity contribution in [1.29, 1.82) is 0 Å². The van der Waals surface area contributed by atoms with Crippen LogP contribution in [0.4, 0.5) is 0 Å². The van der Waals surface area contributed by atoms with Crippen LogP contribution in [0.3, 0.4) is 0 Å². The van der Waals surface area contributed by atoms with E-state index >= 15 is 0 Å². The van der Waals surface area contributed by atoms with Gasteiger partial charge in [-0.15, -0.1) is 0 Å². The van der Waals surface area contributed by atoms with E-state index in [4.69, 9.17) is 4.98 Å². The van der Waals surface area contributed by atoms with E-state index in [1.165, 1.54) is 4.57 Å². The SMILES string of the molecule is Cc1c(-n2c(C=Cc3cccnc3)nc3ccccc3c2=O)c(=O)n(-c2ccccc2)n1C. The average molecular weight is 435 g/mol. The van der Waals surface area contributed by atoms with Crippen LogP contribution in [-0.4, -0.2) is 23.9 Å². The maximum absolute atomic E-state index is 13.6. The molecule has 0 N–H and O–H groups in total. The van der Waals surface area contributed by atoms with E-state index in [1.807, 2.05) is 61.5 Å². The van der Waals surface area contributed by atoms with Crippen molar-refractivity contribution < 1.29 is 0 Å². The third kappa shape index (κ3) is 3.49. The Kier molecular flexibility index (Phi) is 5.06. The van der Waals surface area contributed by atoms with Crippen molar-refractivity contribution >= 4 is 23.1 Å². The van der Waals surface area contributed by atoms with Crippen LogP contribution in [0.25, 0.3) is 34.4 Å². The minimum Gasteiger partial charge on any atom is -0.283 e. The molecular weight excluding hydrogens is 414 g/mol. The lowest BCUT2D eigenvalue weighted by molar-refractivity contribution is 0.630. The highest BCUT2D eigenvalue weighted by Gasteiger charge is 2.22. The van der Waals surface area contributed by atoms with E-state index in [9.17, 15) is 9.59 Å². The van der Waals surface area contributed by atoms with Crippen LogP contribution in [0.2, 0.25) is 0 Å². The first-order valence-corrected chi connectivity index (χ1v) is 10.5. The molecule has 0 amide bonds. The van der Waals surface area contributed by atoms with Gasteiger partial charge >= 0.3 is 0 Å². The molecule has 0 aliphatic carbocycles. The van der Waals surface area contributed by atoms with Gasteiger partial charge in [-0.1, -0.05) is 36.4 Å². The fraction of sp³-hybridized carbons (Fsp3) is 0.0769. The molecule has 0 bridgehead atoms. The molecule has 3 heterocycles. The molecule has 162 valence electrons. The van der Waals surface area contributed by atoms with Gasteiger partial charge in [0.05, 0.1) is 22.3 Å². The summed E-state index contributed by atoms with van der Waals surface area (Å²) in [6.45, 7) is 1.83. The second-order valence-corrected chi connectivity index (χ2v) is 7.66. The Balaban J connectivity index is 1.82. The highest BCUT2D eigenvalue weighted by molar-refractivity contribution is 5.80. The summed E-state index contributed by atoms with van der Waals surface area (Å²) in [6, 6.07) is 20.2. The Labute approximate surface area is 189 Å². The number of hydrogen-bond donors (Lipinski definition) is 0. The Morgan fingerprint density at radius 1 is 0.848 bits per heavy atom. The number of benzene rings is 2. The van der Waals surface area contributed by atoms with Gasteiger partial charge < -0.3 is 0 Å². The maximum Gasteiger partial charge on any atom is 0.296 e. The van der Waals surface area contributed by atoms with Crippen LogP contribution in [0.1, 0.15) is 17.1 Å². The molecule has 0 atom stereocenters. The molecule has 33 heavy (non-hydrogen) atoms. The Hall–Kier alpha value is -4.52. The van der Waals surface area contributed by atoms with Crippen LogP contribution < -0.4 is 11.1 Å². The topological polar surface area (TPSA) is 74.7 Å². The van der Waals surface area contributed by atoms with Gasteiger partial charge in [0.2, 0.25) is 0 Å². The van der Waals surface area contributed by atoms with E-state index in [2.05, 4.69) is 4.98 Å². The van der Waals surface area contributed by atoms with Crippen molar-refractivity contribution in [2.75, 3.05) is 0 Å². The molecule has 5 aromatic rings. The third-order valence-corrected chi connectivity index (χ3v) is 5.66. The van der Waals surface area contributed by atoms with Gasteiger partial charge in [-0.3, -0.25) is 23.8 Å². The number of aromatic nitrogens is 5. The molecular formula is C26H21N5O2. The van der Waals surface area contributed by atoms with Gasteiger partial charge in [-0.2, -0.15) is 0 Å². The fourth-order valence-corrected chi connectivity index (χ4v) is 3.93. The second kappa shape index (κ2) is 8.20. The monoisotopic (exact) mass is 435 g/mol. The zero-order valence-electron chi connectivity index (χ0n) is 18.2. The van der Waals surface area contributed by atoms with Gasteiger partial charge in [0.25, 0.3) is 11.1 Å². The molecule has 0 saturated heterocycles. The molecule has 0 aliphatic rings. The smallest absolute Gasteiger partial charge is 0.283 e. The largest absolute Gasteiger partial charge is 0.296 e. The van der Waals surface area contributed by atoms with Gasteiger partial charge in [-0.25, -0.2) is 9.67 Å². The molecule has 2 aromatic carbocycles. The quantitative estimate of drug-likeness (QED) is 0.431. The number of pyridine rings is 1.